The van der Waals surface area contributed by atoms with Crippen molar-refractivity contribution >= 4 is 23.4 Å². The van der Waals surface area contributed by atoms with Crippen LogP contribution >= 0.6 is 0 Å². The predicted octanol–water partition coefficient (Wildman–Crippen LogP) is 2.50. The van der Waals surface area contributed by atoms with Crippen molar-refractivity contribution in [3.05, 3.63) is 95.1 Å². The molecule has 1 aliphatic rings. The van der Waals surface area contributed by atoms with Crippen LogP contribution in [0.4, 0.5) is 5.69 Å². The van der Waals surface area contributed by atoms with Gasteiger partial charge in [0.05, 0.1) is 44.1 Å². The van der Waals surface area contributed by atoms with E-state index in [0.29, 0.717) is 30.2 Å². The normalized spacial score (nSPS) is 13.7. The maximum Gasteiger partial charge on any atom is 0.266 e. The van der Waals surface area contributed by atoms with Gasteiger partial charge in [-0.2, -0.15) is 0 Å². The molecule has 0 fully saturated rings. The van der Waals surface area contributed by atoms with Crippen LogP contribution in [0, 0.1) is 0 Å². The van der Waals surface area contributed by atoms with E-state index in [1.165, 1.54) is 11.0 Å². The van der Waals surface area contributed by atoms with Crippen molar-refractivity contribution in [1.29, 1.82) is 0 Å². The molecule has 0 spiro atoms. The van der Waals surface area contributed by atoms with Crippen LogP contribution in [-0.2, 0) is 0 Å². The summed E-state index contributed by atoms with van der Waals surface area (Å²) in [6.45, 7) is 2.85. The molecular formula is C27H28N3O4+. The van der Waals surface area contributed by atoms with Gasteiger partial charge in [0.2, 0.25) is 0 Å². The summed E-state index contributed by atoms with van der Waals surface area (Å²) in [6.07, 6.45) is 0. The Bertz CT molecular complexity index is 1210. The Hall–Kier alpha value is -3.97. The molecule has 1 heterocycles. The number of benzene rings is 3. The molecule has 7 heteroatoms. The summed E-state index contributed by atoms with van der Waals surface area (Å²) in [5, 5.41) is 2.97. The van der Waals surface area contributed by atoms with Gasteiger partial charge < -0.3 is 15.0 Å². The zero-order valence-corrected chi connectivity index (χ0v) is 19.5. The number of anilines is 1. The largest absolute Gasteiger partial charge is 0.494 e. The first-order valence-electron chi connectivity index (χ1n) is 11.3. The van der Waals surface area contributed by atoms with Crippen LogP contribution in [0.25, 0.3) is 0 Å². The van der Waals surface area contributed by atoms with Gasteiger partial charge in [0.1, 0.15) is 11.8 Å². The van der Waals surface area contributed by atoms with Gasteiger partial charge in [-0.05, 0) is 49.4 Å². The van der Waals surface area contributed by atoms with E-state index >= 15 is 0 Å². The summed E-state index contributed by atoms with van der Waals surface area (Å²) >= 11 is 0. The Balaban J connectivity index is 1.50. The van der Waals surface area contributed by atoms with Crippen LogP contribution in [0.1, 0.15) is 49.6 Å². The van der Waals surface area contributed by atoms with Gasteiger partial charge in [-0.1, -0.05) is 30.3 Å². The number of nitrogens with zero attached hydrogens (tertiary/aromatic N) is 1. The minimum absolute atomic E-state index is 0.0814. The van der Waals surface area contributed by atoms with Gasteiger partial charge in [0.25, 0.3) is 17.7 Å². The van der Waals surface area contributed by atoms with Crippen molar-refractivity contribution in [2.24, 2.45) is 0 Å². The van der Waals surface area contributed by atoms with Crippen molar-refractivity contribution in [2.45, 2.75) is 13.0 Å². The van der Waals surface area contributed by atoms with Crippen LogP contribution in [0.2, 0.25) is 0 Å². The predicted molar refractivity (Wildman–Crippen MR) is 130 cm³/mol. The highest BCUT2D eigenvalue weighted by Crippen LogP contribution is 2.30. The molecule has 3 amide bonds. The van der Waals surface area contributed by atoms with E-state index in [1.54, 1.807) is 36.4 Å². The number of fused-ring (bicyclic) bond motifs is 1. The molecule has 0 radical (unpaired) electrons. The highest BCUT2D eigenvalue weighted by Gasteiger charge is 2.37. The summed E-state index contributed by atoms with van der Waals surface area (Å²) in [4.78, 5) is 41.2. The second-order valence-corrected chi connectivity index (χ2v) is 8.38. The van der Waals surface area contributed by atoms with Crippen LogP contribution < -0.4 is 19.9 Å². The van der Waals surface area contributed by atoms with Crippen LogP contribution in [0.15, 0.2) is 72.8 Å². The zero-order valence-electron chi connectivity index (χ0n) is 19.5. The molecule has 1 atom stereocenters. The number of rotatable bonds is 8. The van der Waals surface area contributed by atoms with Crippen molar-refractivity contribution in [1.82, 2.24) is 5.32 Å². The molecule has 0 aliphatic carbocycles. The number of imide groups is 1. The topological polar surface area (TPSA) is 80.2 Å². The van der Waals surface area contributed by atoms with E-state index < -0.39 is 11.8 Å². The number of ether oxygens (including phenoxy) is 1. The number of carbonyl (C=O) groups is 3. The maximum absolute atomic E-state index is 13.1. The third-order valence-corrected chi connectivity index (χ3v) is 5.92. The van der Waals surface area contributed by atoms with E-state index in [2.05, 4.69) is 5.32 Å². The first kappa shape index (κ1) is 23.2. The molecule has 34 heavy (non-hydrogen) atoms. The molecule has 0 bridgehead atoms. The number of likely N-dealkylation sites (N-methyl/N-ethyl adjacent to an activating group) is 1. The summed E-state index contributed by atoms with van der Waals surface area (Å²) in [5.74, 6) is -0.477. The molecule has 7 nitrogen and oxygen atoms in total. The fourth-order valence-electron chi connectivity index (χ4n) is 4.11. The fraction of sp³-hybridized carbons (Fsp3) is 0.222. The lowest BCUT2D eigenvalue weighted by Gasteiger charge is -2.22. The summed E-state index contributed by atoms with van der Waals surface area (Å²) in [5.41, 5.74) is 2.44. The minimum Gasteiger partial charge on any atom is -0.494 e. The lowest BCUT2D eigenvalue weighted by atomic mass is 10.0. The average molecular weight is 459 g/mol. The standard InChI is InChI=1S/C27H27N3O4/c1-4-34-21-13-11-20(12-14-21)30-26(32)22-15-10-19(16-23(22)27(30)33)25(31)28-17-24(29(2)3)18-8-6-5-7-9-18/h5-16,24H,4,17H2,1-3H3,(H,28,31)/p+1. The van der Waals surface area contributed by atoms with E-state index in [0.717, 1.165) is 10.5 Å². The first-order valence-corrected chi connectivity index (χ1v) is 11.3. The van der Waals surface area contributed by atoms with Crippen LogP contribution in [0.3, 0.4) is 0 Å². The summed E-state index contributed by atoms with van der Waals surface area (Å²) in [7, 11) is 4.08. The second kappa shape index (κ2) is 9.89. The van der Waals surface area contributed by atoms with Crippen molar-refractivity contribution < 1.29 is 24.0 Å². The molecule has 174 valence electrons. The maximum atomic E-state index is 13.1. The van der Waals surface area contributed by atoms with Gasteiger partial charge in [0, 0.05) is 11.1 Å². The zero-order chi connectivity index (χ0) is 24.2. The molecule has 0 saturated heterocycles. The van der Waals surface area contributed by atoms with Gasteiger partial charge in [-0.3, -0.25) is 14.4 Å². The van der Waals surface area contributed by atoms with Crippen molar-refractivity contribution in [3.63, 3.8) is 0 Å². The molecular weight excluding hydrogens is 430 g/mol. The number of carbonyl (C=O) groups excluding carboxylic acids is 3. The SMILES string of the molecule is CCOc1ccc(N2C(=O)c3ccc(C(=O)NCC(c4ccccc4)[NH+](C)C)cc3C2=O)cc1. The molecule has 3 aromatic rings. The Labute approximate surface area is 198 Å². The molecule has 0 saturated carbocycles. The Morgan fingerprint density at radius 2 is 1.62 bits per heavy atom. The molecule has 0 aromatic heterocycles. The lowest BCUT2D eigenvalue weighted by molar-refractivity contribution is -0.890. The third-order valence-electron chi connectivity index (χ3n) is 5.92. The number of nitrogens with one attached hydrogen (secondary N) is 2. The van der Waals surface area contributed by atoms with Crippen LogP contribution in [0.5, 0.6) is 5.75 Å². The van der Waals surface area contributed by atoms with Gasteiger partial charge in [0.15, 0.2) is 0 Å². The van der Waals surface area contributed by atoms with Crippen molar-refractivity contribution in [3.8, 4) is 5.75 Å². The molecule has 2 N–H and O–H groups in total. The molecule has 4 rings (SSSR count). The van der Waals surface area contributed by atoms with E-state index in [1.807, 2.05) is 51.4 Å². The Morgan fingerprint density at radius 1 is 0.941 bits per heavy atom. The molecule has 3 aromatic carbocycles. The van der Waals surface area contributed by atoms with Gasteiger partial charge in [-0.25, -0.2) is 4.90 Å². The highest BCUT2D eigenvalue weighted by atomic mass is 16.5. The lowest BCUT2D eigenvalue weighted by Crippen LogP contribution is -3.07. The highest BCUT2D eigenvalue weighted by molar-refractivity contribution is 6.34. The van der Waals surface area contributed by atoms with Gasteiger partial charge >= 0.3 is 0 Å². The van der Waals surface area contributed by atoms with Gasteiger partial charge in [-0.15, -0.1) is 0 Å². The van der Waals surface area contributed by atoms with Crippen LogP contribution in [-0.4, -0.2) is 45.0 Å². The number of amides is 3. The van der Waals surface area contributed by atoms with E-state index in [4.69, 9.17) is 4.74 Å². The number of hydrogen-bond acceptors (Lipinski definition) is 4. The van der Waals surface area contributed by atoms with E-state index in [9.17, 15) is 14.4 Å². The second-order valence-electron chi connectivity index (χ2n) is 8.38. The third kappa shape index (κ3) is 4.56. The average Bonchev–Trinajstić information content (AvgIpc) is 3.09. The Kier molecular flexibility index (Phi) is 6.75. The first-order chi connectivity index (χ1) is 16.4. The number of quaternary nitrogens is 1. The fourth-order valence-corrected chi connectivity index (χ4v) is 4.11. The molecule has 1 aliphatic heterocycles. The quantitative estimate of drug-likeness (QED) is 0.509. The van der Waals surface area contributed by atoms with Crippen molar-refractivity contribution in [2.75, 3.05) is 32.1 Å². The summed E-state index contributed by atoms with van der Waals surface area (Å²) in [6, 6.07) is 21.5. The molecule has 1 unspecified atom stereocenters. The van der Waals surface area contributed by atoms with E-state index in [-0.39, 0.29) is 23.1 Å². The Morgan fingerprint density at radius 3 is 2.26 bits per heavy atom. The monoisotopic (exact) mass is 458 g/mol. The number of hydrogen-bond donors (Lipinski definition) is 2. The summed E-state index contributed by atoms with van der Waals surface area (Å²) < 4.78 is 5.43. The minimum atomic E-state index is -0.446. The smallest absolute Gasteiger partial charge is 0.266 e.